The van der Waals surface area contributed by atoms with Gasteiger partial charge in [0.05, 0.1) is 23.9 Å². The van der Waals surface area contributed by atoms with Gasteiger partial charge in [0.2, 0.25) is 5.91 Å². The van der Waals surface area contributed by atoms with Crippen LogP contribution in [0.3, 0.4) is 0 Å². The molecule has 1 heterocycles. The summed E-state index contributed by atoms with van der Waals surface area (Å²) in [5.41, 5.74) is 0.866. The number of amides is 2. The zero-order valence-electron chi connectivity index (χ0n) is 13.6. The number of thioether (sulfide) groups is 1. The number of benzene rings is 1. The summed E-state index contributed by atoms with van der Waals surface area (Å²) in [6, 6.07) is 3.65. The average molecular weight is 402 g/mol. The van der Waals surface area contributed by atoms with Crippen LogP contribution in [-0.2, 0) is 11.2 Å². The number of halogens is 1. The molecule has 1 fully saturated rings. The monoisotopic (exact) mass is 401 g/mol. The maximum Gasteiger partial charge on any atom is 0.289 e. The SMILES string of the molecule is COc1cc(OC)c(C[C@@H]2SC(=O)N(CC(C)C)C2=O)cc1Br. The van der Waals surface area contributed by atoms with Crippen molar-refractivity contribution in [3.05, 3.63) is 22.2 Å². The molecule has 0 aromatic heterocycles. The summed E-state index contributed by atoms with van der Waals surface area (Å²) in [5, 5.41) is -0.573. The van der Waals surface area contributed by atoms with Crippen molar-refractivity contribution < 1.29 is 19.1 Å². The normalized spacial score (nSPS) is 18.0. The van der Waals surface area contributed by atoms with Gasteiger partial charge in [0, 0.05) is 12.6 Å². The Morgan fingerprint density at radius 2 is 1.87 bits per heavy atom. The molecule has 23 heavy (non-hydrogen) atoms. The first-order chi connectivity index (χ1) is 10.9. The molecule has 1 saturated heterocycles. The van der Waals surface area contributed by atoms with Crippen LogP contribution in [0, 0.1) is 5.92 Å². The number of nitrogens with zero attached hydrogens (tertiary/aromatic N) is 1. The quantitative estimate of drug-likeness (QED) is 0.726. The number of carbonyl (C=O) groups excluding carboxylic acids is 2. The molecule has 1 aromatic rings. The number of imide groups is 1. The summed E-state index contributed by atoms with van der Waals surface area (Å²) in [4.78, 5) is 25.9. The summed E-state index contributed by atoms with van der Waals surface area (Å²) in [6.07, 6.45) is 0.440. The maximum atomic E-state index is 12.5. The van der Waals surface area contributed by atoms with Crippen LogP contribution in [0.15, 0.2) is 16.6 Å². The van der Waals surface area contributed by atoms with Crippen LogP contribution in [0.2, 0.25) is 0 Å². The summed E-state index contributed by atoms with van der Waals surface area (Å²) in [7, 11) is 3.16. The molecule has 126 valence electrons. The van der Waals surface area contributed by atoms with E-state index >= 15 is 0 Å². The summed E-state index contributed by atoms with van der Waals surface area (Å²) in [5.74, 6) is 1.44. The third-order valence-electron chi connectivity index (χ3n) is 3.51. The van der Waals surface area contributed by atoms with Crippen LogP contribution >= 0.6 is 27.7 Å². The molecule has 0 saturated carbocycles. The Morgan fingerprint density at radius 3 is 2.43 bits per heavy atom. The molecule has 0 spiro atoms. The number of ether oxygens (including phenoxy) is 2. The highest BCUT2D eigenvalue weighted by atomic mass is 79.9. The molecule has 2 amide bonds. The first-order valence-electron chi connectivity index (χ1n) is 7.29. The van der Waals surface area contributed by atoms with Crippen molar-refractivity contribution in [3.63, 3.8) is 0 Å². The molecule has 7 heteroatoms. The zero-order chi connectivity index (χ0) is 17.1. The molecule has 0 aliphatic carbocycles. The minimum atomic E-state index is -0.407. The number of rotatable bonds is 6. The van der Waals surface area contributed by atoms with E-state index in [1.54, 1.807) is 20.3 Å². The predicted molar refractivity (Wildman–Crippen MR) is 94.3 cm³/mol. The second kappa shape index (κ2) is 7.57. The van der Waals surface area contributed by atoms with Crippen molar-refractivity contribution >= 4 is 38.8 Å². The fourth-order valence-corrected chi connectivity index (χ4v) is 4.02. The Morgan fingerprint density at radius 1 is 1.22 bits per heavy atom. The van der Waals surface area contributed by atoms with Crippen LogP contribution < -0.4 is 9.47 Å². The van der Waals surface area contributed by atoms with Gasteiger partial charge in [-0.05, 0) is 39.9 Å². The molecule has 1 aromatic carbocycles. The maximum absolute atomic E-state index is 12.5. The van der Waals surface area contributed by atoms with E-state index in [0.29, 0.717) is 24.5 Å². The number of hydrogen-bond donors (Lipinski definition) is 0. The lowest BCUT2D eigenvalue weighted by molar-refractivity contribution is -0.127. The van der Waals surface area contributed by atoms with Crippen LogP contribution in [0.5, 0.6) is 11.5 Å². The van der Waals surface area contributed by atoms with E-state index in [9.17, 15) is 9.59 Å². The molecule has 1 aliphatic heterocycles. The van der Waals surface area contributed by atoms with Gasteiger partial charge in [0.15, 0.2) is 0 Å². The van der Waals surface area contributed by atoms with Crippen LogP contribution in [0.4, 0.5) is 4.79 Å². The van der Waals surface area contributed by atoms with Gasteiger partial charge >= 0.3 is 0 Å². The van der Waals surface area contributed by atoms with Crippen LogP contribution in [0.25, 0.3) is 0 Å². The Bertz CT molecular complexity index is 620. The number of carbonyl (C=O) groups is 2. The fraction of sp³-hybridized carbons (Fsp3) is 0.500. The summed E-state index contributed by atoms with van der Waals surface area (Å²) < 4.78 is 11.4. The lowest BCUT2D eigenvalue weighted by Crippen LogP contribution is -2.35. The van der Waals surface area contributed by atoms with Crippen molar-refractivity contribution in [2.45, 2.75) is 25.5 Å². The predicted octanol–water partition coefficient (Wildman–Crippen LogP) is 3.73. The molecule has 0 radical (unpaired) electrons. The highest BCUT2D eigenvalue weighted by molar-refractivity contribution is 9.10. The third-order valence-corrected chi connectivity index (χ3v) is 5.21. The first-order valence-corrected chi connectivity index (χ1v) is 8.97. The van der Waals surface area contributed by atoms with Gasteiger partial charge in [0.1, 0.15) is 11.5 Å². The highest BCUT2D eigenvalue weighted by Crippen LogP contribution is 2.37. The van der Waals surface area contributed by atoms with Crippen molar-refractivity contribution in [1.82, 2.24) is 4.90 Å². The van der Waals surface area contributed by atoms with Gasteiger partial charge in [0.25, 0.3) is 5.24 Å². The van der Waals surface area contributed by atoms with E-state index in [2.05, 4.69) is 15.9 Å². The number of hydrogen-bond acceptors (Lipinski definition) is 5. The Balaban J connectivity index is 2.21. The molecule has 0 N–H and O–H groups in total. The first kappa shape index (κ1) is 18.1. The molecule has 2 rings (SSSR count). The Labute approximate surface area is 148 Å². The summed E-state index contributed by atoms with van der Waals surface area (Å²) in [6.45, 7) is 4.44. The average Bonchev–Trinajstić information content (AvgIpc) is 2.75. The van der Waals surface area contributed by atoms with E-state index in [0.717, 1.165) is 21.8 Å². The van der Waals surface area contributed by atoms with Gasteiger partial charge in [-0.15, -0.1) is 0 Å². The van der Waals surface area contributed by atoms with Crippen molar-refractivity contribution in [2.75, 3.05) is 20.8 Å². The molecule has 1 atom stereocenters. The van der Waals surface area contributed by atoms with Crippen molar-refractivity contribution in [1.29, 1.82) is 0 Å². The van der Waals surface area contributed by atoms with Gasteiger partial charge in [-0.25, -0.2) is 0 Å². The van der Waals surface area contributed by atoms with Gasteiger partial charge in [-0.3, -0.25) is 14.5 Å². The molecule has 5 nitrogen and oxygen atoms in total. The molecule has 1 aliphatic rings. The van der Waals surface area contributed by atoms with Crippen molar-refractivity contribution in [3.8, 4) is 11.5 Å². The van der Waals surface area contributed by atoms with E-state index < -0.39 is 5.25 Å². The lowest BCUT2D eigenvalue weighted by atomic mass is 10.1. The van der Waals surface area contributed by atoms with Gasteiger partial charge < -0.3 is 9.47 Å². The second-order valence-electron chi connectivity index (χ2n) is 5.72. The van der Waals surface area contributed by atoms with Crippen LogP contribution in [-0.4, -0.2) is 42.1 Å². The van der Waals surface area contributed by atoms with Crippen molar-refractivity contribution in [2.24, 2.45) is 5.92 Å². The minimum absolute atomic E-state index is 0.123. The molecular formula is C16H20BrNO4S. The summed E-state index contributed by atoms with van der Waals surface area (Å²) >= 11 is 4.53. The minimum Gasteiger partial charge on any atom is -0.496 e. The molecule has 0 bridgehead atoms. The van der Waals surface area contributed by atoms with E-state index in [1.165, 1.54) is 4.90 Å². The Hall–Kier alpha value is -1.21. The standard InChI is InChI=1S/C16H20BrNO4S/c1-9(2)8-18-15(19)14(23-16(18)20)6-10-5-11(17)13(22-4)7-12(10)21-3/h5,7,9,14H,6,8H2,1-4H3/t14-/m0/s1. The van der Waals surface area contributed by atoms with Crippen LogP contribution in [0.1, 0.15) is 19.4 Å². The third kappa shape index (κ3) is 4.01. The van der Waals surface area contributed by atoms with E-state index in [1.807, 2.05) is 19.9 Å². The largest absolute Gasteiger partial charge is 0.496 e. The smallest absolute Gasteiger partial charge is 0.289 e. The number of methoxy groups -OCH3 is 2. The molecule has 0 unspecified atom stereocenters. The highest BCUT2D eigenvalue weighted by Gasteiger charge is 2.40. The second-order valence-corrected chi connectivity index (χ2v) is 7.73. The Kier molecular flexibility index (Phi) is 5.97. The fourth-order valence-electron chi connectivity index (χ4n) is 2.44. The van der Waals surface area contributed by atoms with Gasteiger partial charge in [-0.2, -0.15) is 0 Å². The van der Waals surface area contributed by atoms with E-state index in [4.69, 9.17) is 9.47 Å². The zero-order valence-corrected chi connectivity index (χ0v) is 16.0. The van der Waals surface area contributed by atoms with E-state index in [-0.39, 0.29) is 17.1 Å². The lowest BCUT2D eigenvalue weighted by Gasteiger charge is -2.17. The van der Waals surface area contributed by atoms with Gasteiger partial charge in [-0.1, -0.05) is 25.6 Å². The topological polar surface area (TPSA) is 55.8 Å². The molecular weight excluding hydrogens is 382 g/mol.